The van der Waals surface area contributed by atoms with Crippen LogP contribution in [0.15, 0.2) is 85.1 Å². The van der Waals surface area contributed by atoms with Gasteiger partial charge in [-0.25, -0.2) is 4.57 Å². The summed E-state index contributed by atoms with van der Waals surface area (Å²) in [6.45, 7) is 4.03. The average molecular weight is 895 g/mol. The molecule has 356 valence electrons. The highest BCUT2D eigenvalue weighted by atomic mass is 31.2. The first kappa shape index (κ1) is 57.5. The minimum Gasteiger partial charge on any atom is -0.457 e. The summed E-state index contributed by atoms with van der Waals surface area (Å²) >= 11 is 0. The van der Waals surface area contributed by atoms with Gasteiger partial charge in [-0.2, -0.15) is 0 Å². The molecule has 6 atom stereocenters. The second-order valence-corrected chi connectivity index (χ2v) is 17.3. The Morgan fingerprint density at radius 3 is 1.45 bits per heavy atom. The molecule has 12 nitrogen and oxygen atoms in total. The molecule has 1 aliphatic carbocycles. The smallest absolute Gasteiger partial charge is 0.457 e. The number of esters is 1. The molecule has 0 radical (unpaired) electrons. The molecule has 0 spiro atoms. The average Bonchev–Trinajstić information content (AvgIpc) is 3.26. The fraction of sp³-hybridized carbons (Fsp3) is 0.694. The Bertz CT molecular complexity index is 1340. The predicted molar refractivity (Wildman–Crippen MR) is 248 cm³/mol. The van der Waals surface area contributed by atoms with Gasteiger partial charge in [-0.15, -0.1) is 0 Å². The fourth-order valence-corrected chi connectivity index (χ4v) is 7.52. The van der Waals surface area contributed by atoms with E-state index in [1.807, 2.05) is 12.2 Å². The van der Waals surface area contributed by atoms with Crippen molar-refractivity contribution in [1.82, 2.24) is 0 Å². The molecule has 0 bridgehead atoms. The van der Waals surface area contributed by atoms with Crippen molar-refractivity contribution < 1.29 is 58.3 Å². The summed E-state index contributed by atoms with van der Waals surface area (Å²) in [5.41, 5.74) is 0. The number of phosphoric acid groups is 1. The first-order valence-electron chi connectivity index (χ1n) is 23.4. The van der Waals surface area contributed by atoms with Crippen LogP contribution in [0, 0.1) is 0 Å². The third-order valence-electron chi connectivity index (χ3n) is 10.3. The highest BCUT2D eigenvalue weighted by Gasteiger charge is 2.51. The lowest BCUT2D eigenvalue weighted by Gasteiger charge is -2.41. The number of rotatable bonds is 38. The second kappa shape index (κ2) is 38.9. The Kier molecular flexibility index (Phi) is 36.1. The van der Waals surface area contributed by atoms with Gasteiger partial charge >= 0.3 is 13.8 Å². The number of aliphatic hydroxyl groups is 5. The molecule has 0 saturated heterocycles. The Balaban J connectivity index is 2.47. The van der Waals surface area contributed by atoms with Gasteiger partial charge in [-0.3, -0.25) is 13.8 Å². The van der Waals surface area contributed by atoms with Crippen molar-refractivity contribution in [2.75, 3.05) is 19.8 Å². The Morgan fingerprint density at radius 2 is 0.952 bits per heavy atom. The van der Waals surface area contributed by atoms with Crippen molar-refractivity contribution in [3.63, 3.8) is 0 Å². The van der Waals surface area contributed by atoms with Crippen molar-refractivity contribution in [2.45, 2.75) is 198 Å². The SMILES string of the molecule is CC/C=C\C/C=C\C/C=C\C/C=C\C/C=C\C/C=C\CCC(=O)OC(COCCCCCCCC/C=C\CCCCCCCC)COP(=O)(O)OC1C(O)C(O)C(O)C(O)C1O. The second-order valence-electron chi connectivity index (χ2n) is 15.9. The third kappa shape index (κ3) is 30.6. The van der Waals surface area contributed by atoms with Gasteiger partial charge in [0.05, 0.1) is 13.2 Å². The molecular formula is C49H83O12P. The molecule has 0 aromatic carbocycles. The number of hydrogen-bond donors (Lipinski definition) is 6. The molecule has 13 heteroatoms. The van der Waals surface area contributed by atoms with E-state index < -0.39 is 63.1 Å². The number of ether oxygens (including phenoxy) is 2. The van der Waals surface area contributed by atoms with Gasteiger partial charge in [-0.1, -0.05) is 157 Å². The molecule has 1 aliphatic rings. The lowest BCUT2D eigenvalue weighted by atomic mass is 9.85. The van der Waals surface area contributed by atoms with Crippen LogP contribution in [0.3, 0.4) is 0 Å². The number of hydrogen-bond acceptors (Lipinski definition) is 11. The summed E-state index contributed by atoms with van der Waals surface area (Å²) in [5, 5.41) is 50.2. The quantitative estimate of drug-likeness (QED) is 0.0149. The lowest BCUT2D eigenvalue weighted by molar-refractivity contribution is -0.220. The van der Waals surface area contributed by atoms with Crippen LogP contribution in [0.2, 0.25) is 0 Å². The van der Waals surface area contributed by atoms with Crippen LogP contribution in [0.4, 0.5) is 0 Å². The monoisotopic (exact) mass is 895 g/mol. The van der Waals surface area contributed by atoms with Crippen molar-refractivity contribution in [3.8, 4) is 0 Å². The van der Waals surface area contributed by atoms with Crippen LogP contribution >= 0.6 is 7.82 Å². The minimum atomic E-state index is -5.05. The zero-order chi connectivity index (χ0) is 45.5. The van der Waals surface area contributed by atoms with Crippen molar-refractivity contribution in [1.29, 1.82) is 0 Å². The molecule has 0 amide bonds. The van der Waals surface area contributed by atoms with Crippen LogP contribution in [0.1, 0.15) is 155 Å². The summed E-state index contributed by atoms with van der Waals surface area (Å²) in [7, 11) is -5.05. The van der Waals surface area contributed by atoms with E-state index in [1.165, 1.54) is 57.8 Å². The summed E-state index contributed by atoms with van der Waals surface area (Å²) in [6.07, 6.45) is 39.5. The summed E-state index contributed by atoms with van der Waals surface area (Å²) < 4.78 is 34.1. The summed E-state index contributed by atoms with van der Waals surface area (Å²) in [4.78, 5) is 23.1. The number of aliphatic hydroxyl groups excluding tert-OH is 5. The van der Waals surface area contributed by atoms with Crippen molar-refractivity contribution in [3.05, 3.63) is 85.1 Å². The number of carbonyl (C=O) groups excluding carboxylic acids is 1. The van der Waals surface area contributed by atoms with Crippen LogP contribution < -0.4 is 0 Å². The number of phosphoric ester groups is 1. The molecule has 1 fully saturated rings. The van der Waals surface area contributed by atoms with E-state index in [4.69, 9.17) is 18.5 Å². The molecule has 1 saturated carbocycles. The standard InChI is InChI=1S/C49H83O12P/c1-3-5-7-9-11-13-15-17-19-21-22-23-24-26-28-30-32-34-36-38-43(50)60-42(41-59-62(56,57)61-49-47(54)45(52)44(51)46(53)48(49)55)40-58-39-37-35-33-31-29-27-25-20-18-16-14-12-10-8-6-4-2/h5,7,11,13,17-20,22-23,26,28,32,34,42,44-49,51-55H,3-4,6,8-10,12,14-16,21,24-25,27,29-31,33,35-41H2,1-2H3,(H,56,57)/b7-5-,13-11-,19-17-,20-18-,23-22-,28-26-,34-32-. The van der Waals surface area contributed by atoms with Crippen LogP contribution in [0.25, 0.3) is 0 Å². The first-order valence-corrected chi connectivity index (χ1v) is 24.9. The zero-order valence-electron chi connectivity index (χ0n) is 37.9. The maximum atomic E-state index is 12.8. The van der Waals surface area contributed by atoms with Gasteiger partial charge in [-0.05, 0) is 77.0 Å². The maximum Gasteiger partial charge on any atom is 0.472 e. The molecule has 0 aromatic rings. The topological polar surface area (TPSA) is 192 Å². The number of unbranched alkanes of at least 4 members (excludes halogenated alkanes) is 12. The third-order valence-corrected chi connectivity index (χ3v) is 11.3. The molecule has 0 aromatic heterocycles. The van der Waals surface area contributed by atoms with E-state index >= 15 is 0 Å². The molecular weight excluding hydrogens is 812 g/mol. The van der Waals surface area contributed by atoms with E-state index in [1.54, 1.807) is 0 Å². The largest absolute Gasteiger partial charge is 0.472 e. The van der Waals surface area contributed by atoms with E-state index in [9.17, 15) is 39.8 Å². The van der Waals surface area contributed by atoms with Gasteiger partial charge in [0.15, 0.2) is 0 Å². The molecule has 62 heavy (non-hydrogen) atoms. The molecule has 0 aliphatic heterocycles. The van der Waals surface area contributed by atoms with Crippen LogP contribution in [0.5, 0.6) is 0 Å². The Hall–Kier alpha value is -2.48. The zero-order valence-corrected chi connectivity index (χ0v) is 38.8. The molecule has 6 unspecified atom stereocenters. The normalized spacial score (nSPS) is 22.8. The van der Waals surface area contributed by atoms with Crippen LogP contribution in [-0.4, -0.2) is 98.9 Å². The van der Waals surface area contributed by atoms with Gasteiger partial charge < -0.3 is 39.9 Å². The maximum absolute atomic E-state index is 12.8. The van der Waals surface area contributed by atoms with E-state index in [2.05, 4.69) is 86.8 Å². The highest BCUT2D eigenvalue weighted by Crippen LogP contribution is 2.47. The lowest BCUT2D eigenvalue weighted by Crippen LogP contribution is -2.64. The Morgan fingerprint density at radius 1 is 0.532 bits per heavy atom. The summed E-state index contributed by atoms with van der Waals surface area (Å²) in [6, 6.07) is 0. The van der Waals surface area contributed by atoms with E-state index in [0.717, 1.165) is 64.2 Å². The number of carbonyl (C=O) groups is 1. The highest BCUT2D eigenvalue weighted by molar-refractivity contribution is 7.47. The Labute approximate surface area is 373 Å². The fourth-order valence-electron chi connectivity index (χ4n) is 6.55. The van der Waals surface area contributed by atoms with Crippen molar-refractivity contribution >= 4 is 13.8 Å². The van der Waals surface area contributed by atoms with Crippen molar-refractivity contribution in [2.24, 2.45) is 0 Å². The van der Waals surface area contributed by atoms with Gasteiger partial charge in [0, 0.05) is 13.0 Å². The molecule has 0 heterocycles. The van der Waals surface area contributed by atoms with Crippen LogP contribution in [-0.2, 0) is 27.9 Å². The first-order chi connectivity index (χ1) is 30.0. The van der Waals surface area contributed by atoms with Gasteiger partial charge in [0.1, 0.15) is 42.7 Å². The van der Waals surface area contributed by atoms with E-state index in [0.29, 0.717) is 19.4 Å². The number of allylic oxidation sites excluding steroid dienone is 14. The molecule has 6 N–H and O–H groups in total. The summed E-state index contributed by atoms with van der Waals surface area (Å²) in [5.74, 6) is -0.564. The molecule has 1 rings (SSSR count). The minimum absolute atomic E-state index is 0.0550. The van der Waals surface area contributed by atoms with Gasteiger partial charge in [0.2, 0.25) is 0 Å². The van der Waals surface area contributed by atoms with E-state index in [-0.39, 0.29) is 13.0 Å². The predicted octanol–water partition coefficient (Wildman–Crippen LogP) is 9.75. The van der Waals surface area contributed by atoms with Gasteiger partial charge in [0.25, 0.3) is 0 Å².